The summed E-state index contributed by atoms with van der Waals surface area (Å²) in [6.45, 7) is 2.80. The molecular weight excluding hydrogens is 300 g/mol. The number of likely N-dealkylation sites (tertiary alicyclic amines) is 1. The van der Waals surface area contributed by atoms with E-state index in [1.807, 2.05) is 24.4 Å². The predicted molar refractivity (Wildman–Crippen MR) is 85.8 cm³/mol. The summed E-state index contributed by atoms with van der Waals surface area (Å²) in [7, 11) is 0. The van der Waals surface area contributed by atoms with Crippen LogP contribution in [-0.2, 0) is 6.54 Å². The molecule has 0 aliphatic carbocycles. The molecule has 2 N–H and O–H groups in total. The Balaban J connectivity index is 1.46. The summed E-state index contributed by atoms with van der Waals surface area (Å²) in [6.07, 6.45) is 5.34. The quantitative estimate of drug-likeness (QED) is 0.910. The third-order valence-electron chi connectivity index (χ3n) is 3.93. The Morgan fingerprint density at radius 2 is 2.23 bits per heavy atom. The first-order valence-corrected chi connectivity index (χ1v) is 7.85. The lowest BCUT2D eigenvalue weighted by molar-refractivity contribution is 0.0904. The SMILES string of the molecule is O=C(NC1CCN(Cc2ccccn2)CC1)c1cc(Cl)c[nH]1. The van der Waals surface area contributed by atoms with Gasteiger partial charge in [-0.15, -0.1) is 0 Å². The van der Waals surface area contributed by atoms with Crippen LogP contribution >= 0.6 is 11.6 Å². The number of carbonyl (C=O) groups is 1. The number of amides is 1. The second kappa shape index (κ2) is 6.94. The van der Waals surface area contributed by atoms with Gasteiger partial charge in [-0.05, 0) is 31.0 Å². The molecule has 0 spiro atoms. The summed E-state index contributed by atoms with van der Waals surface area (Å²) in [5, 5.41) is 3.61. The maximum atomic E-state index is 12.1. The van der Waals surface area contributed by atoms with Crippen LogP contribution in [0.2, 0.25) is 5.02 Å². The van der Waals surface area contributed by atoms with Crippen molar-refractivity contribution in [3.63, 3.8) is 0 Å². The highest BCUT2D eigenvalue weighted by Crippen LogP contribution is 2.14. The number of rotatable bonds is 4. The highest BCUT2D eigenvalue weighted by atomic mass is 35.5. The molecule has 2 aromatic heterocycles. The normalized spacial score (nSPS) is 16.6. The summed E-state index contributed by atoms with van der Waals surface area (Å²) in [5.74, 6) is -0.0879. The molecule has 5 nitrogen and oxygen atoms in total. The Bertz CT molecular complexity index is 620. The van der Waals surface area contributed by atoms with Crippen molar-refractivity contribution in [1.29, 1.82) is 0 Å². The van der Waals surface area contributed by atoms with Crippen LogP contribution in [0, 0.1) is 0 Å². The molecule has 0 aromatic carbocycles. The maximum Gasteiger partial charge on any atom is 0.267 e. The number of nitrogens with one attached hydrogen (secondary N) is 2. The molecule has 3 rings (SSSR count). The van der Waals surface area contributed by atoms with Crippen LogP contribution in [0.1, 0.15) is 29.0 Å². The van der Waals surface area contributed by atoms with Gasteiger partial charge in [-0.3, -0.25) is 14.7 Å². The highest BCUT2D eigenvalue weighted by molar-refractivity contribution is 6.30. The molecule has 1 fully saturated rings. The zero-order chi connectivity index (χ0) is 15.4. The van der Waals surface area contributed by atoms with Gasteiger partial charge in [0.05, 0.1) is 10.7 Å². The molecule has 1 saturated heterocycles. The second-order valence-corrected chi connectivity index (χ2v) is 6.01. The van der Waals surface area contributed by atoms with Gasteiger partial charge in [0.15, 0.2) is 0 Å². The lowest BCUT2D eigenvalue weighted by atomic mass is 10.0. The maximum absolute atomic E-state index is 12.1. The van der Waals surface area contributed by atoms with Crippen molar-refractivity contribution in [1.82, 2.24) is 20.2 Å². The number of hydrogen-bond acceptors (Lipinski definition) is 3. The van der Waals surface area contributed by atoms with Crippen LogP contribution in [0.25, 0.3) is 0 Å². The van der Waals surface area contributed by atoms with Gasteiger partial charge in [0, 0.05) is 38.1 Å². The molecule has 1 aliphatic heterocycles. The highest BCUT2D eigenvalue weighted by Gasteiger charge is 2.21. The van der Waals surface area contributed by atoms with Crippen molar-refractivity contribution in [2.45, 2.75) is 25.4 Å². The molecule has 116 valence electrons. The van der Waals surface area contributed by atoms with E-state index in [0.29, 0.717) is 10.7 Å². The van der Waals surface area contributed by atoms with E-state index in [-0.39, 0.29) is 11.9 Å². The number of piperidine rings is 1. The summed E-state index contributed by atoms with van der Waals surface area (Å²) in [5.41, 5.74) is 1.60. The number of H-pyrrole nitrogens is 1. The Labute approximate surface area is 134 Å². The number of halogens is 1. The van der Waals surface area contributed by atoms with E-state index < -0.39 is 0 Å². The molecule has 6 heteroatoms. The minimum absolute atomic E-state index is 0.0879. The van der Waals surface area contributed by atoms with Crippen LogP contribution in [-0.4, -0.2) is 39.9 Å². The monoisotopic (exact) mass is 318 g/mol. The van der Waals surface area contributed by atoms with Crippen molar-refractivity contribution < 1.29 is 4.79 Å². The Hall–Kier alpha value is -1.85. The largest absolute Gasteiger partial charge is 0.356 e. The van der Waals surface area contributed by atoms with E-state index in [1.165, 1.54) is 0 Å². The first-order valence-electron chi connectivity index (χ1n) is 7.48. The Kier molecular flexibility index (Phi) is 4.75. The van der Waals surface area contributed by atoms with Crippen molar-refractivity contribution in [3.05, 3.63) is 53.1 Å². The van der Waals surface area contributed by atoms with E-state index >= 15 is 0 Å². The summed E-state index contributed by atoms with van der Waals surface area (Å²) in [6, 6.07) is 7.85. The molecule has 1 aliphatic rings. The van der Waals surface area contributed by atoms with Crippen LogP contribution in [0.5, 0.6) is 0 Å². The van der Waals surface area contributed by atoms with Gasteiger partial charge in [-0.1, -0.05) is 17.7 Å². The zero-order valence-corrected chi connectivity index (χ0v) is 13.0. The van der Waals surface area contributed by atoms with Crippen LogP contribution in [0.15, 0.2) is 36.7 Å². The van der Waals surface area contributed by atoms with Gasteiger partial charge in [-0.25, -0.2) is 0 Å². The average molecular weight is 319 g/mol. The average Bonchev–Trinajstić information content (AvgIpc) is 2.97. The van der Waals surface area contributed by atoms with Crippen LogP contribution in [0.4, 0.5) is 0 Å². The molecule has 22 heavy (non-hydrogen) atoms. The molecule has 0 saturated carbocycles. The molecule has 0 bridgehead atoms. The van der Waals surface area contributed by atoms with Gasteiger partial charge in [0.2, 0.25) is 0 Å². The van der Waals surface area contributed by atoms with E-state index in [0.717, 1.165) is 38.2 Å². The molecule has 3 heterocycles. The predicted octanol–water partition coefficient (Wildman–Crippen LogP) is 2.46. The van der Waals surface area contributed by atoms with Gasteiger partial charge >= 0.3 is 0 Å². The van der Waals surface area contributed by atoms with Crippen LogP contribution < -0.4 is 5.32 Å². The van der Waals surface area contributed by atoms with Crippen molar-refractivity contribution >= 4 is 17.5 Å². The molecule has 0 unspecified atom stereocenters. The number of aromatic nitrogens is 2. The number of nitrogens with zero attached hydrogens (tertiary/aromatic N) is 2. The smallest absolute Gasteiger partial charge is 0.267 e. The standard InChI is InChI=1S/C16H19ClN4O/c17-12-9-15(19-10-12)16(22)20-13-4-7-21(8-5-13)11-14-3-1-2-6-18-14/h1-3,6,9-10,13,19H,4-5,7-8,11H2,(H,20,22). The minimum atomic E-state index is -0.0879. The zero-order valence-electron chi connectivity index (χ0n) is 12.3. The first-order chi connectivity index (χ1) is 10.7. The van der Waals surface area contributed by atoms with Gasteiger partial charge in [0.25, 0.3) is 5.91 Å². The Morgan fingerprint density at radius 1 is 1.41 bits per heavy atom. The number of hydrogen-bond donors (Lipinski definition) is 2. The fourth-order valence-corrected chi connectivity index (χ4v) is 2.88. The number of pyridine rings is 1. The van der Waals surface area contributed by atoms with Gasteiger partial charge in [-0.2, -0.15) is 0 Å². The molecule has 0 atom stereocenters. The molecule has 0 radical (unpaired) electrons. The summed E-state index contributed by atoms with van der Waals surface area (Å²) < 4.78 is 0. The third-order valence-corrected chi connectivity index (χ3v) is 4.15. The summed E-state index contributed by atoms with van der Waals surface area (Å²) >= 11 is 5.82. The Morgan fingerprint density at radius 3 is 2.86 bits per heavy atom. The topological polar surface area (TPSA) is 61.0 Å². The number of aromatic amines is 1. The minimum Gasteiger partial charge on any atom is -0.356 e. The third kappa shape index (κ3) is 3.87. The fourth-order valence-electron chi connectivity index (χ4n) is 2.72. The van der Waals surface area contributed by atoms with E-state index in [4.69, 9.17) is 11.6 Å². The van der Waals surface area contributed by atoms with Gasteiger partial charge in [0.1, 0.15) is 5.69 Å². The lowest BCUT2D eigenvalue weighted by Gasteiger charge is -2.32. The van der Waals surface area contributed by atoms with E-state index in [9.17, 15) is 4.79 Å². The fraction of sp³-hybridized carbons (Fsp3) is 0.375. The molecular formula is C16H19ClN4O. The molecule has 2 aromatic rings. The lowest BCUT2D eigenvalue weighted by Crippen LogP contribution is -2.44. The number of carbonyl (C=O) groups excluding carboxylic acids is 1. The van der Waals surface area contributed by atoms with Gasteiger partial charge < -0.3 is 10.3 Å². The van der Waals surface area contributed by atoms with Crippen molar-refractivity contribution in [2.75, 3.05) is 13.1 Å². The summed E-state index contributed by atoms with van der Waals surface area (Å²) in [4.78, 5) is 21.7. The van der Waals surface area contributed by atoms with Crippen molar-refractivity contribution in [3.8, 4) is 0 Å². The first kappa shape index (κ1) is 15.1. The second-order valence-electron chi connectivity index (χ2n) is 5.58. The molecule has 1 amide bonds. The van der Waals surface area contributed by atoms with Crippen molar-refractivity contribution in [2.24, 2.45) is 0 Å². The van der Waals surface area contributed by atoms with Crippen LogP contribution in [0.3, 0.4) is 0 Å². The van der Waals surface area contributed by atoms with E-state index in [2.05, 4.69) is 20.2 Å². The van der Waals surface area contributed by atoms with E-state index in [1.54, 1.807) is 12.3 Å².